The van der Waals surface area contributed by atoms with Crippen LogP contribution in [0.3, 0.4) is 0 Å². The fourth-order valence-corrected chi connectivity index (χ4v) is 3.60. The van der Waals surface area contributed by atoms with E-state index in [4.69, 9.17) is 0 Å². The highest BCUT2D eigenvalue weighted by Gasteiger charge is 2.17. The SMILES string of the molecule is CCCCC(CC)Cn1c2ccccc2c2cc(B(O)O)ccc21. The number of nitrogens with zero attached hydrogens (tertiary/aromatic N) is 1. The predicted molar refractivity (Wildman–Crippen MR) is 103 cm³/mol. The van der Waals surface area contributed by atoms with E-state index >= 15 is 0 Å². The Morgan fingerprint density at radius 1 is 1.00 bits per heavy atom. The summed E-state index contributed by atoms with van der Waals surface area (Å²) in [6.45, 7) is 5.53. The minimum Gasteiger partial charge on any atom is -0.423 e. The first-order valence-corrected chi connectivity index (χ1v) is 9.02. The summed E-state index contributed by atoms with van der Waals surface area (Å²) in [7, 11) is -1.43. The second-order valence-electron chi connectivity index (χ2n) is 6.69. The Bertz CT molecular complexity index is 825. The van der Waals surface area contributed by atoms with Gasteiger partial charge in [0.15, 0.2) is 0 Å². The molecule has 0 spiro atoms. The number of aromatic nitrogens is 1. The summed E-state index contributed by atoms with van der Waals surface area (Å²) < 4.78 is 2.40. The Balaban J connectivity index is 2.11. The molecule has 1 atom stereocenters. The van der Waals surface area contributed by atoms with Crippen LogP contribution in [-0.2, 0) is 6.54 Å². The third kappa shape index (κ3) is 3.21. The van der Waals surface area contributed by atoms with Gasteiger partial charge in [-0.1, -0.05) is 63.4 Å². The quantitative estimate of drug-likeness (QED) is 0.651. The van der Waals surface area contributed by atoms with E-state index in [0.717, 1.165) is 11.9 Å². The first-order chi connectivity index (χ1) is 11.7. The molecule has 2 N–H and O–H groups in total. The molecule has 24 heavy (non-hydrogen) atoms. The van der Waals surface area contributed by atoms with Gasteiger partial charge in [-0.25, -0.2) is 0 Å². The number of unbranched alkanes of at least 4 members (excludes halogenated alkanes) is 1. The van der Waals surface area contributed by atoms with Crippen molar-refractivity contribution in [2.75, 3.05) is 0 Å². The highest BCUT2D eigenvalue weighted by Crippen LogP contribution is 2.30. The van der Waals surface area contributed by atoms with Gasteiger partial charge >= 0.3 is 7.12 Å². The fraction of sp³-hybridized carbons (Fsp3) is 0.400. The zero-order valence-corrected chi connectivity index (χ0v) is 14.6. The van der Waals surface area contributed by atoms with Crippen molar-refractivity contribution < 1.29 is 10.0 Å². The Labute approximate surface area is 144 Å². The number of hydrogen-bond donors (Lipinski definition) is 2. The van der Waals surface area contributed by atoms with E-state index in [-0.39, 0.29) is 0 Å². The molecule has 0 aliphatic rings. The van der Waals surface area contributed by atoms with Gasteiger partial charge < -0.3 is 14.6 Å². The molecule has 3 rings (SSSR count). The summed E-state index contributed by atoms with van der Waals surface area (Å²) >= 11 is 0. The molecule has 0 fully saturated rings. The molecule has 0 bridgehead atoms. The summed E-state index contributed by atoms with van der Waals surface area (Å²) in [5.74, 6) is 0.673. The first kappa shape index (κ1) is 17.1. The minimum atomic E-state index is -1.43. The molecule has 126 valence electrons. The molecule has 4 heteroatoms. The largest absolute Gasteiger partial charge is 0.488 e. The van der Waals surface area contributed by atoms with Gasteiger partial charge in [0.25, 0.3) is 0 Å². The normalized spacial score (nSPS) is 12.8. The van der Waals surface area contributed by atoms with E-state index in [2.05, 4.69) is 36.6 Å². The van der Waals surface area contributed by atoms with Gasteiger partial charge in [0, 0.05) is 28.4 Å². The van der Waals surface area contributed by atoms with E-state index in [1.54, 1.807) is 0 Å². The highest BCUT2D eigenvalue weighted by molar-refractivity contribution is 6.59. The second-order valence-corrected chi connectivity index (χ2v) is 6.69. The van der Waals surface area contributed by atoms with Gasteiger partial charge in [-0.3, -0.25) is 0 Å². The van der Waals surface area contributed by atoms with Crippen molar-refractivity contribution >= 4 is 34.4 Å². The van der Waals surface area contributed by atoms with Gasteiger partial charge in [0.2, 0.25) is 0 Å². The first-order valence-electron chi connectivity index (χ1n) is 9.02. The van der Waals surface area contributed by atoms with E-state index < -0.39 is 7.12 Å². The maximum Gasteiger partial charge on any atom is 0.488 e. The van der Waals surface area contributed by atoms with Crippen LogP contribution < -0.4 is 5.46 Å². The van der Waals surface area contributed by atoms with Crippen molar-refractivity contribution in [2.24, 2.45) is 5.92 Å². The van der Waals surface area contributed by atoms with Crippen LogP contribution in [0.2, 0.25) is 0 Å². The molecule has 0 amide bonds. The average Bonchev–Trinajstić information content (AvgIpc) is 2.92. The predicted octanol–water partition coefficient (Wildman–Crippen LogP) is 3.69. The van der Waals surface area contributed by atoms with Crippen LogP contribution >= 0.6 is 0 Å². The standard InChI is InChI=1S/C20H26BNO2/c1-3-5-8-15(4-2)14-22-19-10-7-6-9-17(19)18-13-16(21(23)24)11-12-20(18)22/h6-7,9-13,15,23-24H,3-5,8,14H2,1-2H3. The second kappa shape index (κ2) is 7.41. The van der Waals surface area contributed by atoms with Crippen molar-refractivity contribution in [3.8, 4) is 0 Å². The van der Waals surface area contributed by atoms with Gasteiger partial charge in [-0.05, 0) is 29.9 Å². The molecular weight excluding hydrogens is 297 g/mol. The lowest BCUT2D eigenvalue weighted by Crippen LogP contribution is -2.29. The molecule has 0 radical (unpaired) electrons. The molecule has 1 heterocycles. The minimum absolute atomic E-state index is 0.545. The molecule has 0 saturated carbocycles. The van der Waals surface area contributed by atoms with Crippen LogP contribution in [0.5, 0.6) is 0 Å². The molecule has 0 aliphatic carbocycles. The smallest absolute Gasteiger partial charge is 0.423 e. The van der Waals surface area contributed by atoms with Crippen LogP contribution in [0, 0.1) is 5.92 Å². The van der Waals surface area contributed by atoms with Crippen LogP contribution in [0.1, 0.15) is 39.5 Å². The van der Waals surface area contributed by atoms with E-state index in [1.165, 1.54) is 42.1 Å². The zero-order chi connectivity index (χ0) is 17.1. The highest BCUT2D eigenvalue weighted by atomic mass is 16.4. The molecule has 0 saturated heterocycles. The zero-order valence-electron chi connectivity index (χ0n) is 14.6. The van der Waals surface area contributed by atoms with Crippen molar-refractivity contribution in [2.45, 2.75) is 46.1 Å². The van der Waals surface area contributed by atoms with Crippen LogP contribution in [0.4, 0.5) is 0 Å². The number of fused-ring (bicyclic) bond motifs is 3. The van der Waals surface area contributed by atoms with Crippen molar-refractivity contribution in [1.82, 2.24) is 4.57 Å². The van der Waals surface area contributed by atoms with Gasteiger partial charge in [0.1, 0.15) is 0 Å². The molecule has 0 aliphatic heterocycles. The fourth-order valence-electron chi connectivity index (χ4n) is 3.60. The number of rotatable bonds is 7. The Hall–Kier alpha value is -1.78. The van der Waals surface area contributed by atoms with Crippen molar-refractivity contribution in [1.29, 1.82) is 0 Å². The Kier molecular flexibility index (Phi) is 5.27. The lowest BCUT2D eigenvalue weighted by Gasteiger charge is -2.17. The maximum absolute atomic E-state index is 9.49. The van der Waals surface area contributed by atoms with Gasteiger partial charge in [0.05, 0.1) is 0 Å². The van der Waals surface area contributed by atoms with Crippen LogP contribution in [0.25, 0.3) is 21.8 Å². The average molecular weight is 323 g/mol. The lowest BCUT2D eigenvalue weighted by molar-refractivity contribution is 0.401. The lowest BCUT2D eigenvalue weighted by atomic mass is 9.80. The molecule has 2 aromatic carbocycles. The van der Waals surface area contributed by atoms with E-state index in [0.29, 0.717) is 11.4 Å². The van der Waals surface area contributed by atoms with Crippen LogP contribution in [-0.4, -0.2) is 21.7 Å². The third-order valence-electron chi connectivity index (χ3n) is 5.08. The van der Waals surface area contributed by atoms with Crippen molar-refractivity contribution in [3.63, 3.8) is 0 Å². The Morgan fingerprint density at radius 2 is 1.75 bits per heavy atom. The van der Waals surface area contributed by atoms with E-state index in [1.807, 2.05) is 24.3 Å². The maximum atomic E-state index is 9.49. The van der Waals surface area contributed by atoms with Crippen molar-refractivity contribution in [3.05, 3.63) is 42.5 Å². The molecule has 3 aromatic rings. The van der Waals surface area contributed by atoms with Gasteiger partial charge in [-0.15, -0.1) is 0 Å². The molecule has 1 aromatic heterocycles. The number of benzene rings is 2. The molecule has 3 nitrogen and oxygen atoms in total. The summed E-state index contributed by atoms with van der Waals surface area (Å²) in [5, 5.41) is 21.3. The van der Waals surface area contributed by atoms with Gasteiger partial charge in [-0.2, -0.15) is 0 Å². The topological polar surface area (TPSA) is 45.4 Å². The third-order valence-corrected chi connectivity index (χ3v) is 5.08. The van der Waals surface area contributed by atoms with E-state index in [9.17, 15) is 10.0 Å². The summed E-state index contributed by atoms with van der Waals surface area (Å²) in [5.41, 5.74) is 2.95. The Morgan fingerprint density at radius 3 is 2.46 bits per heavy atom. The summed E-state index contributed by atoms with van der Waals surface area (Å²) in [6, 6.07) is 14.2. The number of para-hydroxylation sites is 1. The molecule has 1 unspecified atom stereocenters. The summed E-state index contributed by atoms with van der Waals surface area (Å²) in [4.78, 5) is 0. The monoisotopic (exact) mass is 323 g/mol. The number of hydrogen-bond acceptors (Lipinski definition) is 2. The summed E-state index contributed by atoms with van der Waals surface area (Å²) in [6.07, 6.45) is 4.95. The molecular formula is C20H26BNO2. The van der Waals surface area contributed by atoms with Crippen LogP contribution in [0.15, 0.2) is 42.5 Å².